The van der Waals surface area contributed by atoms with Crippen LogP contribution in [0.4, 0.5) is 0 Å². The molecule has 142 valence electrons. The zero-order chi connectivity index (χ0) is 19.1. The van der Waals surface area contributed by atoms with E-state index in [1.165, 1.54) is 0 Å². The lowest BCUT2D eigenvalue weighted by molar-refractivity contribution is 0.0944. The van der Waals surface area contributed by atoms with Crippen molar-refractivity contribution in [2.75, 3.05) is 13.7 Å². The van der Waals surface area contributed by atoms with Crippen LogP contribution < -0.4 is 10.9 Å². The second-order valence-electron chi connectivity index (χ2n) is 6.21. The first-order valence-electron chi connectivity index (χ1n) is 8.69. The number of rotatable bonds is 9. The van der Waals surface area contributed by atoms with Gasteiger partial charge in [0.25, 0.3) is 5.91 Å². The van der Waals surface area contributed by atoms with Crippen LogP contribution in [-0.4, -0.2) is 29.8 Å². The van der Waals surface area contributed by atoms with E-state index in [1.54, 1.807) is 20.1 Å². The summed E-state index contributed by atoms with van der Waals surface area (Å²) in [5.41, 5.74) is -0.0412. The van der Waals surface area contributed by atoms with E-state index >= 15 is 0 Å². The van der Waals surface area contributed by atoms with Gasteiger partial charge in [0.2, 0.25) is 5.89 Å². The normalized spacial score (nSPS) is 12.2. The van der Waals surface area contributed by atoms with Crippen LogP contribution in [0.3, 0.4) is 0 Å². The predicted octanol–water partition coefficient (Wildman–Crippen LogP) is 2.35. The number of nitrogens with one attached hydrogen (secondary N) is 1. The van der Waals surface area contributed by atoms with E-state index in [-0.39, 0.29) is 18.0 Å². The molecule has 8 nitrogen and oxygen atoms in total. The van der Waals surface area contributed by atoms with Gasteiger partial charge in [-0.3, -0.25) is 4.79 Å². The van der Waals surface area contributed by atoms with Crippen LogP contribution in [0.5, 0.6) is 0 Å². The second kappa shape index (κ2) is 9.28. The van der Waals surface area contributed by atoms with Crippen molar-refractivity contribution in [1.82, 2.24) is 15.5 Å². The minimum Gasteiger partial charge on any atom is -0.427 e. The van der Waals surface area contributed by atoms with Crippen molar-refractivity contribution in [1.29, 1.82) is 0 Å². The fraction of sp³-hybridized carbons (Fsp3) is 0.556. The minimum atomic E-state index is -0.630. The molecule has 0 aliphatic carbocycles. The zero-order valence-electron chi connectivity index (χ0n) is 15.6. The summed E-state index contributed by atoms with van der Waals surface area (Å²) in [5.74, 6) is 0.982. The van der Waals surface area contributed by atoms with Gasteiger partial charge in [-0.2, -0.15) is 4.98 Å². The summed E-state index contributed by atoms with van der Waals surface area (Å²) in [6.07, 6.45) is 2.40. The topological polar surface area (TPSA) is 107 Å². The first-order valence-corrected chi connectivity index (χ1v) is 8.69. The van der Waals surface area contributed by atoms with Crippen LogP contribution in [0.2, 0.25) is 0 Å². The Bertz CT molecular complexity index is 796. The molecule has 1 amide bonds. The van der Waals surface area contributed by atoms with Gasteiger partial charge in [-0.1, -0.05) is 25.4 Å². The van der Waals surface area contributed by atoms with E-state index in [2.05, 4.69) is 22.4 Å². The molecule has 0 aromatic carbocycles. The van der Waals surface area contributed by atoms with Gasteiger partial charge < -0.3 is 19.0 Å². The summed E-state index contributed by atoms with van der Waals surface area (Å²) >= 11 is 0. The number of amides is 1. The molecule has 0 spiro atoms. The molecule has 2 aromatic heterocycles. The van der Waals surface area contributed by atoms with Crippen molar-refractivity contribution in [2.24, 2.45) is 0 Å². The van der Waals surface area contributed by atoms with Crippen molar-refractivity contribution in [3.8, 4) is 0 Å². The van der Waals surface area contributed by atoms with E-state index in [4.69, 9.17) is 13.7 Å². The number of methoxy groups -OCH3 is 1. The second-order valence-corrected chi connectivity index (χ2v) is 6.21. The smallest absolute Gasteiger partial charge is 0.349 e. The summed E-state index contributed by atoms with van der Waals surface area (Å²) in [4.78, 5) is 28.8. The average molecular weight is 363 g/mol. The molecule has 0 saturated carbocycles. The molecular weight excluding hydrogens is 338 g/mol. The Balaban J connectivity index is 2.05. The molecule has 8 heteroatoms. The number of aryl methyl sites for hydroxylation is 1. The van der Waals surface area contributed by atoms with Crippen LogP contribution in [0.25, 0.3) is 0 Å². The highest BCUT2D eigenvalue weighted by Gasteiger charge is 2.19. The highest BCUT2D eigenvalue weighted by Crippen LogP contribution is 2.21. The summed E-state index contributed by atoms with van der Waals surface area (Å²) in [5, 5.41) is 6.40. The van der Waals surface area contributed by atoms with Crippen LogP contribution in [0, 0.1) is 6.92 Å². The highest BCUT2D eigenvalue weighted by molar-refractivity contribution is 5.95. The standard InChI is InChI=1S/C18H25N3O5/c1-5-6-11(2)13-9-12(3)16(18(23)25-13)17(22)19-10-14-20-15(26-21-14)7-8-24-4/h9,11H,5-8,10H2,1-4H3,(H,19,22). The van der Waals surface area contributed by atoms with Crippen molar-refractivity contribution >= 4 is 5.91 Å². The third kappa shape index (κ3) is 5.01. The molecule has 26 heavy (non-hydrogen) atoms. The Kier molecular flexibility index (Phi) is 7.08. The summed E-state index contributed by atoms with van der Waals surface area (Å²) in [6, 6.07) is 1.76. The molecule has 0 aliphatic heterocycles. The van der Waals surface area contributed by atoms with E-state index in [9.17, 15) is 9.59 Å². The highest BCUT2D eigenvalue weighted by atomic mass is 16.5. The first-order chi connectivity index (χ1) is 12.5. The fourth-order valence-electron chi connectivity index (χ4n) is 2.62. The Morgan fingerprint density at radius 3 is 2.85 bits per heavy atom. The van der Waals surface area contributed by atoms with E-state index in [1.807, 2.05) is 6.92 Å². The quantitative estimate of drug-likeness (QED) is 0.728. The Hall–Kier alpha value is -2.48. The van der Waals surface area contributed by atoms with E-state index < -0.39 is 11.5 Å². The Labute approximate surface area is 151 Å². The molecule has 0 saturated heterocycles. The molecule has 0 radical (unpaired) electrons. The molecule has 1 atom stereocenters. The number of carbonyl (C=O) groups excluding carboxylic acids is 1. The maximum absolute atomic E-state index is 12.4. The largest absolute Gasteiger partial charge is 0.427 e. The van der Waals surface area contributed by atoms with Gasteiger partial charge in [0, 0.05) is 13.0 Å². The van der Waals surface area contributed by atoms with Crippen molar-refractivity contribution in [2.45, 2.75) is 52.5 Å². The molecule has 0 bridgehead atoms. The van der Waals surface area contributed by atoms with Gasteiger partial charge in [0.1, 0.15) is 11.3 Å². The van der Waals surface area contributed by atoms with Crippen LogP contribution >= 0.6 is 0 Å². The molecule has 1 unspecified atom stereocenters. The van der Waals surface area contributed by atoms with Gasteiger partial charge in [-0.15, -0.1) is 0 Å². The van der Waals surface area contributed by atoms with Gasteiger partial charge >= 0.3 is 5.63 Å². The zero-order valence-corrected chi connectivity index (χ0v) is 15.6. The number of carbonyl (C=O) groups is 1. The maximum Gasteiger partial charge on any atom is 0.349 e. The molecular formula is C18H25N3O5. The monoisotopic (exact) mass is 363 g/mol. The van der Waals surface area contributed by atoms with Crippen molar-refractivity contribution < 1.29 is 18.5 Å². The van der Waals surface area contributed by atoms with Crippen molar-refractivity contribution in [3.05, 3.63) is 45.1 Å². The number of hydrogen-bond acceptors (Lipinski definition) is 7. The minimum absolute atomic E-state index is 0.000509. The van der Waals surface area contributed by atoms with Gasteiger partial charge in [0.05, 0.1) is 19.6 Å². The number of aromatic nitrogens is 2. The lowest BCUT2D eigenvalue weighted by Gasteiger charge is -2.11. The molecule has 0 fully saturated rings. The van der Waals surface area contributed by atoms with Crippen LogP contribution in [0.1, 0.15) is 66.0 Å². The number of ether oxygens (including phenoxy) is 1. The van der Waals surface area contributed by atoms with E-state index in [0.717, 1.165) is 12.8 Å². The molecule has 0 aliphatic rings. The molecule has 1 N–H and O–H groups in total. The third-order valence-electron chi connectivity index (χ3n) is 4.04. The number of nitrogens with zero attached hydrogens (tertiary/aromatic N) is 2. The van der Waals surface area contributed by atoms with Crippen LogP contribution in [0.15, 0.2) is 19.8 Å². The summed E-state index contributed by atoms with van der Waals surface area (Å²) < 4.78 is 15.3. The average Bonchev–Trinajstić information content (AvgIpc) is 3.05. The lowest BCUT2D eigenvalue weighted by Crippen LogP contribution is -2.29. The Morgan fingerprint density at radius 1 is 1.42 bits per heavy atom. The van der Waals surface area contributed by atoms with Crippen LogP contribution in [-0.2, 0) is 17.7 Å². The molecule has 2 heterocycles. The predicted molar refractivity (Wildman–Crippen MR) is 94.1 cm³/mol. The molecule has 2 rings (SSSR count). The summed E-state index contributed by atoms with van der Waals surface area (Å²) in [6.45, 7) is 6.32. The number of hydrogen-bond donors (Lipinski definition) is 1. The maximum atomic E-state index is 12.4. The molecule has 2 aromatic rings. The summed E-state index contributed by atoms with van der Waals surface area (Å²) in [7, 11) is 1.58. The van der Waals surface area contributed by atoms with Crippen molar-refractivity contribution in [3.63, 3.8) is 0 Å². The van der Waals surface area contributed by atoms with Gasteiger partial charge in [-0.25, -0.2) is 4.79 Å². The lowest BCUT2D eigenvalue weighted by atomic mass is 10.0. The van der Waals surface area contributed by atoms with E-state index in [0.29, 0.717) is 36.1 Å². The fourth-order valence-corrected chi connectivity index (χ4v) is 2.62. The third-order valence-corrected chi connectivity index (χ3v) is 4.04. The van der Waals surface area contributed by atoms with Gasteiger partial charge in [-0.05, 0) is 25.0 Å². The first kappa shape index (κ1) is 19.8. The van der Waals surface area contributed by atoms with Gasteiger partial charge in [0.15, 0.2) is 5.82 Å². The SMILES string of the molecule is CCCC(C)c1cc(C)c(C(=O)NCc2noc(CCOC)n2)c(=O)o1. The Morgan fingerprint density at radius 2 is 2.19 bits per heavy atom.